The Kier molecular flexibility index (Phi) is 3.29. The molecule has 0 saturated heterocycles. The number of hydrogen-bond donors (Lipinski definition) is 1. The van der Waals surface area contributed by atoms with Gasteiger partial charge in [-0.25, -0.2) is 0 Å². The number of nitrogens with two attached hydrogens (primary N) is 1. The van der Waals surface area contributed by atoms with E-state index in [1.807, 2.05) is 23.9 Å². The molecule has 0 spiro atoms. The number of rotatable bonds is 0. The van der Waals surface area contributed by atoms with Crippen LogP contribution in [0.15, 0.2) is 23.1 Å². The van der Waals surface area contributed by atoms with E-state index in [1.165, 1.54) is 29.1 Å². The highest BCUT2D eigenvalue weighted by Gasteiger charge is 2.10. The number of thioether (sulfide) groups is 1. The SMILES string of the molecule is Cl.Nc1cccc2c1SCCC2. The van der Waals surface area contributed by atoms with Gasteiger partial charge in [0.05, 0.1) is 0 Å². The highest BCUT2D eigenvalue weighted by molar-refractivity contribution is 7.99. The zero-order chi connectivity index (χ0) is 7.68. The Morgan fingerprint density at radius 1 is 1.33 bits per heavy atom. The van der Waals surface area contributed by atoms with Crippen LogP contribution in [0.2, 0.25) is 0 Å². The van der Waals surface area contributed by atoms with E-state index in [9.17, 15) is 0 Å². The number of anilines is 1. The van der Waals surface area contributed by atoms with Crippen LogP contribution in [0, 0.1) is 0 Å². The topological polar surface area (TPSA) is 26.0 Å². The van der Waals surface area contributed by atoms with Crippen molar-refractivity contribution in [1.29, 1.82) is 0 Å². The molecule has 1 nitrogen and oxygen atoms in total. The van der Waals surface area contributed by atoms with Gasteiger partial charge in [-0.1, -0.05) is 12.1 Å². The Hall–Kier alpha value is -0.340. The normalized spacial score (nSPS) is 14.7. The van der Waals surface area contributed by atoms with Gasteiger partial charge in [0.15, 0.2) is 0 Å². The minimum absolute atomic E-state index is 0. The summed E-state index contributed by atoms with van der Waals surface area (Å²) in [5, 5.41) is 0. The van der Waals surface area contributed by atoms with E-state index in [1.54, 1.807) is 0 Å². The average molecular weight is 202 g/mol. The van der Waals surface area contributed by atoms with Gasteiger partial charge in [0, 0.05) is 10.6 Å². The first-order valence-electron chi connectivity index (χ1n) is 3.88. The maximum Gasteiger partial charge on any atom is 0.0455 e. The van der Waals surface area contributed by atoms with E-state index in [0.717, 1.165) is 5.69 Å². The van der Waals surface area contributed by atoms with Crippen LogP contribution < -0.4 is 5.73 Å². The fourth-order valence-corrected chi connectivity index (χ4v) is 2.50. The van der Waals surface area contributed by atoms with Gasteiger partial charge < -0.3 is 5.73 Å². The van der Waals surface area contributed by atoms with Crippen LogP contribution in [0.5, 0.6) is 0 Å². The van der Waals surface area contributed by atoms with Gasteiger partial charge in [0.2, 0.25) is 0 Å². The van der Waals surface area contributed by atoms with Crippen LogP contribution in [0.4, 0.5) is 5.69 Å². The molecule has 0 atom stereocenters. The lowest BCUT2D eigenvalue weighted by Crippen LogP contribution is -2.01. The maximum atomic E-state index is 5.82. The Labute approximate surface area is 83.1 Å². The lowest BCUT2D eigenvalue weighted by Gasteiger charge is -2.16. The number of benzene rings is 1. The smallest absolute Gasteiger partial charge is 0.0455 e. The van der Waals surface area contributed by atoms with E-state index in [4.69, 9.17) is 5.73 Å². The lowest BCUT2D eigenvalue weighted by molar-refractivity contribution is 0.892. The van der Waals surface area contributed by atoms with Crippen molar-refractivity contribution < 1.29 is 0 Å². The van der Waals surface area contributed by atoms with Crippen molar-refractivity contribution in [2.24, 2.45) is 0 Å². The Bertz CT molecular complexity index is 275. The Balaban J connectivity index is 0.000000720. The molecule has 2 rings (SSSR count). The quantitative estimate of drug-likeness (QED) is 0.654. The molecule has 1 heterocycles. The summed E-state index contributed by atoms with van der Waals surface area (Å²) in [4.78, 5) is 1.32. The predicted octanol–water partition coefficient (Wildman–Crippen LogP) is 2.73. The van der Waals surface area contributed by atoms with Gasteiger partial charge >= 0.3 is 0 Å². The fourth-order valence-electron chi connectivity index (χ4n) is 1.41. The molecule has 0 unspecified atom stereocenters. The van der Waals surface area contributed by atoms with E-state index in [0.29, 0.717) is 0 Å². The molecule has 1 aliphatic heterocycles. The van der Waals surface area contributed by atoms with Crippen molar-refractivity contribution >= 4 is 29.9 Å². The average Bonchev–Trinajstić information content (AvgIpc) is 2.06. The molecule has 0 aliphatic carbocycles. The van der Waals surface area contributed by atoms with Gasteiger partial charge in [-0.05, 0) is 30.2 Å². The summed E-state index contributed by atoms with van der Waals surface area (Å²) < 4.78 is 0. The molecule has 0 aromatic heterocycles. The molecule has 1 aliphatic rings. The molecule has 3 heteroatoms. The molecular formula is C9H12ClNS. The first kappa shape index (κ1) is 9.75. The maximum absolute atomic E-state index is 5.82. The molecule has 2 N–H and O–H groups in total. The summed E-state index contributed by atoms with van der Waals surface area (Å²) in [6.45, 7) is 0. The zero-order valence-corrected chi connectivity index (χ0v) is 8.38. The fraction of sp³-hybridized carbons (Fsp3) is 0.333. The van der Waals surface area contributed by atoms with Crippen molar-refractivity contribution in [2.45, 2.75) is 17.7 Å². The predicted molar refractivity (Wildman–Crippen MR) is 57.1 cm³/mol. The van der Waals surface area contributed by atoms with Crippen molar-refractivity contribution in [1.82, 2.24) is 0 Å². The summed E-state index contributed by atoms with van der Waals surface area (Å²) in [6, 6.07) is 6.20. The highest BCUT2D eigenvalue weighted by Crippen LogP contribution is 2.34. The number of nitrogen functional groups attached to an aromatic ring is 1. The van der Waals surface area contributed by atoms with E-state index >= 15 is 0 Å². The zero-order valence-electron chi connectivity index (χ0n) is 6.75. The van der Waals surface area contributed by atoms with Crippen molar-refractivity contribution in [3.8, 4) is 0 Å². The minimum atomic E-state index is 0. The first-order chi connectivity index (χ1) is 5.38. The van der Waals surface area contributed by atoms with E-state index in [2.05, 4.69) is 6.07 Å². The molecule has 0 saturated carbocycles. The molecule has 0 bridgehead atoms. The summed E-state index contributed by atoms with van der Waals surface area (Å²) >= 11 is 1.89. The van der Waals surface area contributed by atoms with Crippen LogP contribution in [0.3, 0.4) is 0 Å². The molecule has 0 amide bonds. The van der Waals surface area contributed by atoms with Gasteiger partial charge in [-0.15, -0.1) is 24.2 Å². The van der Waals surface area contributed by atoms with Crippen molar-refractivity contribution in [3.05, 3.63) is 23.8 Å². The second-order valence-corrected chi connectivity index (χ2v) is 3.89. The van der Waals surface area contributed by atoms with Crippen LogP contribution >= 0.6 is 24.2 Å². The van der Waals surface area contributed by atoms with Gasteiger partial charge in [-0.2, -0.15) is 0 Å². The second kappa shape index (κ2) is 4.06. The van der Waals surface area contributed by atoms with Crippen LogP contribution in [-0.4, -0.2) is 5.75 Å². The number of fused-ring (bicyclic) bond motifs is 1. The molecule has 0 radical (unpaired) electrons. The molecule has 1 aromatic rings. The van der Waals surface area contributed by atoms with Crippen molar-refractivity contribution in [2.75, 3.05) is 11.5 Å². The molecule has 12 heavy (non-hydrogen) atoms. The summed E-state index contributed by atoms with van der Waals surface area (Å²) in [5.41, 5.74) is 8.20. The third-order valence-electron chi connectivity index (χ3n) is 1.96. The summed E-state index contributed by atoms with van der Waals surface area (Å²) in [5.74, 6) is 1.22. The lowest BCUT2D eigenvalue weighted by atomic mass is 10.1. The summed E-state index contributed by atoms with van der Waals surface area (Å²) in [7, 11) is 0. The molecule has 0 fully saturated rings. The van der Waals surface area contributed by atoms with Crippen molar-refractivity contribution in [3.63, 3.8) is 0 Å². The van der Waals surface area contributed by atoms with E-state index < -0.39 is 0 Å². The standard InChI is InChI=1S/C9H11NS.ClH/c10-8-5-1-3-7-4-2-6-11-9(7)8;/h1,3,5H,2,4,6,10H2;1H. The number of aryl methyl sites for hydroxylation is 1. The molecular weight excluding hydrogens is 190 g/mol. The highest BCUT2D eigenvalue weighted by atomic mass is 35.5. The Morgan fingerprint density at radius 3 is 2.92 bits per heavy atom. The third-order valence-corrected chi connectivity index (χ3v) is 3.24. The van der Waals surface area contributed by atoms with Crippen LogP contribution in [-0.2, 0) is 6.42 Å². The monoisotopic (exact) mass is 201 g/mol. The van der Waals surface area contributed by atoms with E-state index in [-0.39, 0.29) is 12.4 Å². The molecule has 66 valence electrons. The number of halogens is 1. The Morgan fingerprint density at radius 2 is 2.17 bits per heavy atom. The third kappa shape index (κ3) is 1.70. The van der Waals surface area contributed by atoms with Gasteiger partial charge in [0.25, 0.3) is 0 Å². The van der Waals surface area contributed by atoms with Gasteiger partial charge in [0.1, 0.15) is 0 Å². The van der Waals surface area contributed by atoms with Crippen LogP contribution in [0.1, 0.15) is 12.0 Å². The molecule has 1 aromatic carbocycles. The van der Waals surface area contributed by atoms with Gasteiger partial charge in [-0.3, -0.25) is 0 Å². The number of hydrogen-bond acceptors (Lipinski definition) is 2. The second-order valence-electron chi connectivity index (χ2n) is 2.79. The largest absolute Gasteiger partial charge is 0.398 e. The minimum Gasteiger partial charge on any atom is -0.398 e. The first-order valence-corrected chi connectivity index (χ1v) is 4.86. The summed E-state index contributed by atoms with van der Waals surface area (Å²) in [6.07, 6.45) is 2.49. The van der Waals surface area contributed by atoms with Crippen LogP contribution in [0.25, 0.3) is 0 Å².